The van der Waals surface area contributed by atoms with Crippen LogP contribution in [0, 0.1) is 0 Å². The quantitative estimate of drug-likeness (QED) is 0.641. The number of amides is 1. The van der Waals surface area contributed by atoms with Gasteiger partial charge in [0.1, 0.15) is 6.21 Å². The van der Waals surface area contributed by atoms with E-state index in [9.17, 15) is 18.0 Å². The maximum Gasteiger partial charge on any atom is 0.426 e. The molecule has 14 heavy (non-hydrogen) atoms. The molecular formula is C9H6F3NO. The van der Waals surface area contributed by atoms with Gasteiger partial charge < -0.3 is 0 Å². The van der Waals surface area contributed by atoms with Crippen LogP contribution in [0.4, 0.5) is 13.2 Å². The van der Waals surface area contributed by atoms with Gasteiger partial charge >= 0.3 is 6.18 Å². The van der Waals surface area contributed by atoms with Crippen LogP contribution in [0.15, 0.2) is 35.3 Å². The monoisotopic (exact) mass is 201 g/mol. The Labute approximate surface area is 78.1 Å². The molecule has 0 N–H and O–H groups in total. The van der Waals surface area contributed by atoms with E-state index in [-0.39, 0.29) is 11.8 Å². The summed E-state index contributed by atoms with van der Waals surface area (Å²) in [6.07, 6.45) is -4.87. The topological polar surface area (TPSA) is 29.4 Å². The number of hydrogen-bond acceptors (Lipinski definition) is 1. The third-order valence-electron chi connectivity index (χ3n) is 1.35. The van der Waals surface area contributed by atoms with Crippen LogP contribution < -0.4 is 0 Å². The lowest BCUT2D eigenvalue weighted by atomic mass is 10.2. The molecule has 0 saturated heterocycles. The summed E-state index contributed by atoms with van der Waals surface area (Å²) in [4.78, 5) is 13.8. The van der Waals surface area contributed by atoms with Crippen molar-refractivity contribution in [3.05, 3.63) is 35.9 Å². The Kier molecular flexibility index (Phi) is 3.01. The molecule has 74 valence electrons. The van der Waals surface area contributed by atoms with Gasteiger partial charge in [0.25, 0.3) is 5.91 Å². The van der Waals surface area contributed by atoms with Gasteiger partial charge in [0.15, 0.2) is 0 Å². The van der Waals surface area contributed by atoms with Gasteiger partial charge in [-0.25, -0.2) is 4.99 Å². The smallest absolute Gasteiger partial charge is 0.267 e. The third kappa shape index (κ3) is 3.38. The van der Waals surface area contributed by atoms with Gasteiger partial charge in [-0.1, -0.05) is 18.2 Å². The zero-order valence-corrected chi connectivity index (χ0v) is 6.95. The highest BCUT2D eigenvalue weighted by atomic mass is 19.4. The maximum absolute atomic E-state index is 11.6. The van der Waals surface area contributed by atoms with Crippen molar-refractivity contribution in [2.75, 3.05) is 0 Å². The Morgan fingerprint density at radius 3 is 2.29 bits per heavy atom. The highest BCUT2D eigenvalue weighted by Crippen LogP contribution is 2.11. The van der Waals surface area contributed by atoms with Gasteiger partial charge in [-0.15, -0.1) is 0 Å². The van der Waals surface area contributed by atoms with Crippen molar-refractivity contribution in [3.8, 4) is 0 Å². The molecule has 1 aromatic rings. The van der Waals surface area contributed by atoms with Crippen molar-refractivity contribution in [1.82, 2.24) is 0 Å². The second-order valence-electron chi connectivity index (χ2n) is 2.47. The van der Waals surface area contributed by atoms with Crippen LogP contribution in [0.25, 0.3) is 0 Å². The van der Waals surface area contributed by atoms with E-state index in [4.69, 9.17) is 0 Å². The Hall–Kier alpha value is -1.65. The molecule has 0 bridgehead atoms. The van der Waals surface area contributed by atoms with Crippen molar-refractivity contribution >= 4 is 12.1 Å². The molecule has 5 heteroatoms. The summed E-state index contributed by atoms with van der Waals surface area (Å²) in [7, 11) is 0. The SMILES string of the molecule is O=C(N=CC(F)(F)F)c1ccccc1. The normalized spacial score (nSPS) is 11.9. The Balaban J connectivity index is 2.74. The number of carbonyl (C=O) groups excluding carboxylic acids is 1. The first kappa shape index (κ1) is 10.4. The largest absolute Gasteiger partial charge is 0.426 e. The number of benzene rings is 1. The Morgan fingerprint density at radius 2 is 1.79 bits per heavy atom. The molecule has 1 aromatic carbocycles. The highest BCUT2D eigenvalue weighted by molar-refractivity contribution is 5.99. The summed E-state index contributed by atoms with van der Waals surface area (Å²) >= 11 is 0. The summed E-state index contributed by atoms with van der Waals surface area (Å²) in [5.41, 5.74) is 0.132. The van der Waals surface area contributed by atoms with Crippen molar-refractivity contribution in [2.24, 2.45) is 4.99 Å². The number of carbonyl (C=O) groups is 1. The van der Waals surface area contributed by atoms with E-state index in [1.807, 2.05) is 0 Å². The summed E-state index contributed by atoms with van der Waals surface area (Å²) < 4.78 is 34.9. The second kappa shape index (κ2) is 4.04. The first-order valence-corrected chi connectivity index (χ1v) is 3.70. The van der Waals surface area contributed by atoms with E-state index in [1.54, 1.807) is 18.2 Å². The number of hydrogen-bond donors (Lipinski definition) is 0. The molecule has 1 amide bonds. The molecule has 0 aliphatic heterocycles. The highest BCUT2D eigenvalue weighted by Gasteiger charge is 2.24. The van der Waals surface area contributed by atoms with E-state index in [2.05, 4.69) is 4.99 Å². The van der Waals surface area contributed by atoms with Gasteiger partial charge in [-0.3, -0.25) is 4.79 Å². The molecule has 0 spiro atoms. The number of halogens is 3. The molecule has 0 atom stereocenters. The molecule has 0 aliphatic carbocycles. The van der Waals surface area contributed by atoms with E-state index in [0.29, 0.717) is 0 Å². The molecule has 0 aromatic heterocycles. The molecule has 0 saturated carbocycles. The molecule has 0 heterocycles. The van der Waals surface area contributed by atoms with Crippen LogP contribution in [-0.4, -0.2) is 18.3 Å². The number of aliphatic imine (C=N–C) groups is 1. The molecule has 0 fully saturated rings. The Morgan fingerprint density at radius 1 is 1.21 bits per heavy atom. The summed E-state index contributed by atoms with van der Waals surface area (Å²) in [5, 5.41) is 0. The molecule has 0 aliphatic rings. The van der Waals surface area contributed by atoms with Crippen molar-refractivity contribution in [2.45, 2.75) is 6.18 Å². The van der Waals surface area contributed by atoms with Crippen molar-refractivity contribution in [1.29, 1.82) is 0 Å². The average Bonchev–Trinajstić information content (AvgIpc) is 2.14. The molecule has 0 radical (unpaired) electrons. The van der Waals surface area contributed by atoms with Gasteiger partial charge in [-0.2, -0.15) is 13.2 Å². The molecule has 1 rings (SSSR count). The number of rotatable bonds is 1. The molecule has 2 nitrogen and oxygen atoms in total. The van der Waals surface area contributed by atoms with Gasteiger partial charge in [-0.05, 0) is 12.1 Å². The van der Waals surface area contributed by atoms with Crippen LogP contribution in [0.5, 0.6) is 0 Å². The lowest BCUT2D eigenvalue weighted by molar-refractivity contribution is -0.0536. The minimum absolute atomic E-state index is 0.132. The predicted molar refractivity (Wildman–Crippen MR) is 45.3 cm³/mol. The fourth-order valence-electron chi connectivity index (χ4n) is 0.787. The first-order valence-electron chi connectivity index (χ1n) is 3.70. The van der Waals surface area contributed by atoms with Gasteiger partial charge in [0.2, 0.25) is 0 Å². The average molecular weight is 201 g/mol. The first-order chi connectivity index (χ1) is 6.49. The predicted octanol–water partition coefficient (Wildman–Crippen LogP) is 2.46. The van der Waals surface area contributed by atoms with Gasteiger partial charge in [0, 0.05) is 5.56 Å². The summed E-state index contributed by atoms with van der Waals surface area (Å²) in [6, 6.07) is 7.56. The fourth-order valence-corrected chi connectivity index (χ4v) is 0.787. The fraction of sp³-hybridized carbons (Fsp3) is 0.111. The third-order valence-corrected chi connectivity index (χ3v) is 1.35. The zero-order valence-electron chi connectivity index (χ0n) is 6.95. The maximum atomic E-state index is 11.6. The van der Waals surface area contributed by atoms with Gasteiger partial charge in [0.05, 0.1) is 0 Å². The summed E-state index contributed by atoms with van der Waals surface area (Å²) in [6.45, 7) is 0. The van der Waals surface area contributed by atoms with Crippen LogP contribution in [0.1, 0.15) is 10.4 Å². The van der Waals surface area contributed by atoms with Crippen LogP contribution >= 0.6 is 0 Å². The summed E-state index contributed by atoms with van der Waals surface area (Å²) in [5.74, 6) is -0.900. The zero-order chi connectivity index (χ0) is 10.6. The van der Waals surface area contributed by atoms with Crippen LogP contribution in [0.3, 0.4) is 0 Å². The lowest BCUT2D eigenvalue weighted by Crippen LogP contribution is -2.10. The molecular weight excluding hydrogens is 195 g/mol. The number of nitrogens with zero attached hydrogens (tertiary/aromatic N) is 1. The number of alkyl halides is 3. The van der Waals surface area contributed by atoms with E-state index in [0.717, 1.165) is 0 Å². The minimum atomic E-state index is -4.55. The minimum Gasteiger partial charge on any atom is -0.267 e. The second-order valence-corrected chi connectivity index (χ2v) is 2.47. The molecule has 0 unspecified atom stereocenters. The van der Waals surface area contributed by atoms with E-state index < -0.39 is 12.1 Å². The lowest BCUT2D eigenvalue weighted by Gasteiger charge is -1.96. The Bertz CT molecular complexity index is 343. The van der Waals surface area contributed by atoms with E-state index >= 15 is 0 Å². The standard InChI is InChI=1S/C9H6F3NO/c10-9(11,12)6-13-8(14)7-4-2-1-3-5-7/h1-6H. The van der Waals surface area contributed by atoms with Crippen LogP contribution in [-0.2, 0) is 0 Å². The van der Waals surface area contributed by atoms with Crippen molar-refractivity contribution < 1.29 is 18.0 Å². The van der Waals surface area contributed by atoms with Crippen molar-refractivity contribution in [3.63, 3.8) is 0 Å². The van der Waals surface area contributed by atoms with Crippen LogP contribution in [0.2, 0.25) is 0 Å². The van der Waals surface area contributed by atoms with E-state index in [1.165, 1.54) is 12.1 Å².